The Hall–Kier alpha value is -1.39. The van der Waals surface area contributed by atoms with Crippen molar-refractivity contribution < 1.29 is 8.78 Å². The van der Waals surface area contributed by atoms with Crippen LogP contribution in [0.25, 0.3) is 0 Å². The highest BCUT2D eigenvalue weighted by atomic mass is 19.1. The van der Waals surface area contributed by atoms with Gasteiger partial charge in [0.25, 0.3) is 0 Å². The van der Waals surface area contributed by atoms with E-state index in [9.17, 15) is 8.78 Å². The van der Waals surface area contributed by atoms with Crippen molar-refractivity contribution in [3.05, 3.63) is 17.7 Å². The van der Waals surface area contributed by atoms with Gasteiger partial charge in [-0.2, -0.15) is 0 Å². The van der Waals surface area contributed by atoms with Crippen LogP contribution in [0.5, 0.6) is 0 Å². The molecule has 0 bridgehead atoms. The van der Waals surface area contributed by atoms with Gasteiger partial charge in [-0.3, -0.25) is 0 Å². The highest BCUT2D eigenvalue weighted by molar-refractivity contribution is 5.49. The number of hydrogen-bond donors (Lipinski definition) is 1. The van der Waals surface area contributed by atoms with Crippen molar-refractivity contribution in [1.29, 1.82) is 0 Å². The van der Waals surface area contributed by atoms with E-state index in [0.717, 1.165) is 18.9 Å². The highest BCUT2D eigenvalue weighted by Crippen LogP contribution is 2.24. The number of nitrogens with one attached hydrogen (secondary N) is 1. The number of rotatable bonds is 5. The van der Waals surface area contributed by atoms with Crippen LogP contribution in [0.15, 0.2) is 6.07 Å². The van der Waals surface area contributed by atoms with Crippen LogP contribution in [0.4, 0.5) is 20.4 Å². The molecule has 0 amide bonds. The Bertz CT molecular complexity index is 378. The second-order valence-electron chi connectivity index (χ2n) is 3.96. The topological polar surface area (TPSA) is 28.2 Å². The van der Waals surface area contributed by atoms with E-state index in [-0.39, 0.29) is 17.7 Å². The average Bonchev–Trinajstić information content (AvgIpc) is 2.30. The van der Waals surface area contributed by atoms with Crippen molar-refractivity contribution in [1.82, 2.24) is 4.98 Å². The fourth-order valence-electron chi connectivity index (χ4n) is 1.89. The third kappa shape index (κ3) is 2.84. The molecule has 1 rings (SSSR count). The van der Waals surface area contributed by atoms with Crippen LogP contribution in [0.2, 0.25) is 0 Å². The minimum Gasteiger partial charge on any atom is -0.371 e. The van der Waals surface area contributed by atoms with Gasteiger partial charge < -0.3 is 10.2 Å². The van der Waals surface area contributed by atoms with Crippen molar-refractivity contribution in [3.63, 3.8) is 0 Å². The van der Waals surface area contributed by atoms with Gasteiger partial charge in [-0.25, -0.2) is 13.8 Å². The largest absolute Gasteiger partial charge is 0.371 e. The van der Waals surface area contributed by atoms with E-state index in [1.165, 1.54) is 0 Å². The molecular formula is C12H19F2N3. The first-order valence-corrected chi connectivity index (χ1v) is 5.81. The summed E-state index contributed by atoms with van der Waals surface area (Å²) in [6.45, 7) is 4.07. The maximum absolute atomic E-state index is 13.7. The monoisotopic (exact) mass is 243 g/mol. The summed E-state index contributed by atoms with van der Waals surface area (Å²) in [4.78, 5) is 5.73. The zero-order valence-corrected chi connectivity index (χ0v) is 10.7. The van der Waals surface area contributed by atoms with Gasteiger partial charge in [0.1, 0.15) is 0 Å². The molecule has 0 aliphatic carbocycles. The zero-order chi connectivity index (χ0) is 13.0. The van der Waals surface area contributed by atoms with E-state index in [4.69, 9.17) is 0 Å². The summed E-state index contributed by atoms with van der Waals surface area (Å²) in [6, 6.07) is 1.07. The van der Waals surface area contributed by atoms with Crippen LogP contribution < -0.4 is 10.2 Å². The molecule has 1 aromatic heterocycles. The molecule has 0 saturated carbocycles. The Kier molecular flexibility index (Phi) is 4.66. The van der Waals surface area contributed by atoms with E-state index < -0.39 is 11.6 Å². The predicted molar refractivity (Wildman–Crippen MR) is 66.5 cm³/mol. The van der Waals surface area contributed by atoms with Crippen LogP contribution in [-0.2, 0) is 0 Å². The van der Waals surface area contributed by atoms with E-state index in [2.05, 4.69) is 10.3 Å². The molecule has 0 radical (unpaired) electrons. The second kappa shape index (κ2) is 5.80. The van der Waals surface area contributed by atoms with Gasteiger partial charge in [0, 0.05) is 26.2 Å². The first-order chi connectivity index (χ1) is 8.04. The Balaban J connectivity index is 3.12. The summed E-state index contributed by atoms with van der Waals surface area (Å²) in [5, 5.41) is 2.61. The minimum absolute atomic E-state index is 0.0687. The number of hydrogen-bond acceptors (Lipinski definition) is 3. The van der Waals surface area contributed by atoms with E-state index in [1.807, 2.05) is 13.8 Å². The van der Waals surface area contributed by atoms with Crippen LogP contribution in [0.1, 0.15) is 26.7 Å². The number of anilines is 2. The molecule has 0 aliphatic rings. The van der Waals surface area contributed by atoms with Crippen molar-refractivity contribution in [2.75, 3.05) is 24.3 Å². The van der Waals surface area contributed by atoms with Crippen molar-refractivity contribution in [2.45, 2.75) is 32.7 Å². The number of pyridine rings is 1. The predicted octanol–water partition coefficient (Wildman–Crippen LogP) is 3.03. The van der Waals surface area contributed by atoms with Gasteiger partial charge in [0.2, 0.25) is 0 Å². The lowest BCUT2D eigenvalue weighted by molar-refractivity contribution is 0.544. The molecule has 1 N–H and O–H groups in total. The third-order valence-corrected chi connectivity index (χ3v) is 2.97. The smallest absolute Gasteiger partial charge is 0.168 e. The molecule has 1 aromatic rings. The quantitative estimate of drug-likeness (QED) is 0.861. The second-order valence-corrected chi connectivity index (χ2v) is 3.96. The van der Waals surface area contributed by atoms with E-state index in [0.29, 0.717) is 0 Å². The number of nitrogens with zero attached hydrogens (tertiary/aromatic N) is 2. The summed E-state index contributed by atoms with van der Waals surface area (Å²) in [5.74, 6) is -1.05. The standard InChI is InChI=1S/C12H19F2N3/c1-5-8(6-2)17(4)12-10(14)7-9(13)11(15-3)16-12/h7-8H,5-6H2,1-4H3,(H,15,16). The van der Waals surface area contributed by atoms with Gasteiger partial charge >= 0.3 is 0 Å². The lowest BCUT2D eigenvalue weighted by Gasteiger charge is -2.27. The van der Waals surface area contributed by atoms with E-state index in [1.54, 1.807) is 19.0 Å². The molecule has 0 unspecified atom stereocenters. The molecule has 0 aromatic carbocycles. The molecule has 17 heavy (non-hydrogen) atoms. The lowest BCUT2D eigenvalue weighted by Crippen LogP contribution is -2.32. The summed E-state index contributed by atoms with van der Waals surface area (Å²) >= 11 is 0. The van der Waals surface area contributed by atoms with Gasteiger partial charge in [0.05, 0.1) is 0 Å². The molecule has 96 valence electrons. The first-order valence-electron chi connectivity index (χ1n) is 5.81. The summed E-state index contributed by atoms with van der Waals surface area (Å²) < 4.78 is 27.0. The zero-order valence-electron chi connectivity index (χ0n) is 10.7. The fourth-order valence-corrected chi connectivity index (χ4v) is 1.89. The van der Waals surface area contributed by atoms with Crippen molar-refractivity contribution >= 4 is 11.6 Å². The molecular weight excluding hydrogens is 224 g/mol. The molecule has 3 nitrogen and oxygen atoms in total. The lowest BCUT2D eigenvalue weighted by atomic mass is 10.1. The van der Waals surface area contributed by atoms with Gasteiger partial charge in [0.15, 0.2) is 23.3 Å². The van der Waals surface area contributed by atoms with Crippen LogP contribution in [0, 0.1) is 11.6 Å². The summed E-state index contributed by atoms with van der Waals surface area (Å²) in [5.41, 5.74) is 0. The van der Waals surface area contributed by atoms with Crippen LogP contribution in [0.3, 0.4) is 0 Å². The maximum Gasteiger partial charge on any atom is 0.168 e. The van der Waals surface area contributed by atoms with Crippen LogP contribution >= 0.6 is 0 Å². The normalized spacial score (nSPS) is 10.8. The molecule has 1 heterocycles. The Morgan fingerprint density at radius 2 is 1.88 bits per heavy atom. The Morgan fingerprint density at radius 3 is 2.35 bits per heavy atom. The molecule has 0 atom stereocenters. The molecule has 0 aliphatic heterocycles. The third-order valence-electron chi connectivity index (χ3n) is 2.97. The first kappa shape index (κ1) is 13.7. The van der Waals surface area contributed by atoms with Crippen LogP contribution in [-0.4, -0.2) is 25.1 Å². The van der Waals surface area contributed by atoms with Crippen molar-refractivity contribution in [2.24, 2.45) is 0 Å². The maximum atomic E-state index is 13.7. The molecule has 5 heteroatoms. The van der Waals surface area contributed by atoms with Gasteiger partial charge in [-0.1, -0.05) is 13.8 Å². The fraction of sp³-hybridized carbons (Fsp3) is 0.583. The molecule has 0 fully saturated rings. The van der Waals surface area contributed by atoms with E-state index >= 15 is 0 Å². The summed E-state index contributed by atoms with van der Waals surface area (Å²) in [7, 11) is 3.34. The van der Waals surface area contributed by atoms with Gasteiger partial charge in [-0.15, -0.1) is 0 Å². The summed E-state index contributed by atoms with van der Waals surface area (Å²) in [6.07, 6.45) is 1.78. The Labute approximate surface area is 101 Å². The average molecular weight is 243 g/mol. The highest BCUT2D eigenvalue weighted by Gasteiger charge is 2.19. The SMILES string of the molecule is CCC(CC)N(C)c1nc(NC)c(F)cc1F. The van der Waals surface area contributed by atoms with Gasteiger partial charge in [-0.05, 0) is 12.8 Å². The minimum atomic E-state index is -0.674. The molecule has 0 saturated heterocycles. The molecule has 0 spiro atoms. The van der Waals surface area contributed by atoms with Crippen molar-refractivity contribution in [3.8, 4) is 0 Å². The number of halogens is 2. The number of aromatic nitrogens is 1. The Morgan fingerprint density at radius 1 is 1.29 bits per heavy atom.